The molecule has 0 saturated heterocycles. The molecular weight excluding hydrogens is 240 g/mol. The van der Waals surface area contributed by atoms with Gasteiger partial charge < -0.3 is 5.32 Å². The molecule has 1 heterocycles. The van der Waals surface area contributed by atoms with Crippen molar-refractivity contribution in [1.29, 1.82) is 0 Å². The van der Waals surface area contributed by atoms with Crippen molar-refractivity contribution in [2.24, 2.45) is 0 Å². The second kappa shape index (κ2) is 6.14. The Balaban J connectivity index is 2.81. The molecular formula is C11H17BrN2. The highest BCUT2D eigenvalue weighted by atomic mass is 79.9. The summed E-state index contributed by atoms with van der Waals surface area (Å²) in [5.74, 6) is 0. The first-order valence-electron chi connectivity index (χ1n) is 5.13. The molecule has 2 nitrogen and oxygen atoms in total. The van der Waals surface area contributed by atoms with Crippen LogP contribution in [-0.2, 0) is 0 Å². The van der Waals surface area contributed by atoms with Gasteiger partial charge in [0.1, 0.15) is 0 Å². The smallest absolute Gasteiger partial charge is 0.0714 e. The van der Waals surface area contributed by atoms with Crippen LogP contribution in [0.4, 0.5) is 0 Å². The molecule has 0 amide bonds. The van der Waals surface area contributed by atoms with Crippen molar-refractivity contribution >= 4 is 15.9 Å². The first kappa shape index (κ1) is 11.7. The molecule has 1 atom stereocenters. The predicted molar refractivity (Wildman–Crippen MR) is 63.3 cm³/mol. The Morgan fingerprint density at radius 1 is 1.50 bits per heavy atom. The Morgan fingerprint density at radius 2 is 2.29 bits per heavy atom. The van der Waals surface area contributed by atoms with Crippen molar-refractivity contribution in [3.8, 4) is 0 Å². The molecule has 1 rings (SSSR count). The van der Waals surface area contributed by atoms with E-state index in [1.165, 1.54) is 6.42 Å². The fraction of sp³-hybridized carbons (Fsp3) is 0.545. The van der Waals surface area contributed by atoms with Crippen molar-refractivity contribution in [3.63, 3.8) is 0 Å². The largest absolute Gasteiger partial charge is 0.309 e. The zero-order valence-corrected chi connectivity index (χ0v) is 10.3. The van der Waals surface area contributed by atoms with E-state index >= 15 is 0 Å². The van der Waals surface area contributed by atoms with Gasteiger partial charge in [-0.15, -0.1) is 0 Å². The molecule has 0 fully saturated rings. The summed E-state index contributed by atoms with van der Waals surface area (Å²) in [7, 11) is 0. The molecule has 1 N–H and O–H groups in total. The minimum Gasteiger partial charge on any atom is -0.309 e. The predicted octanol–water partition coefficient (Wildman–Crippen LogP) is 3.29. The molecule has 0 saturated carbocycles. The Morgan fingerprint density at radius 3 is 2.86 bits per heavy atom. The topological polar surface area (TPSA) is 24.9 Å². The Hall–Kier alpha value is -0.410. The van der Waals surface area contributed by atoms with E-state index in [1.807, 2.05) is 18.3 Å². The van der Waals surface area contributed by atoms with Crippen LogP contribution >= 0.6 is 15.9 Å². The lowest BCUT2D eigenvalue weighted by Gasteiger charge is -2.17. The summed E-state index contributed by atoms with van der Waals surface area (Å²) >= 11 is 3.53. The lowest BCUT2D eigenvalue weighted by molar-refractivity contribution is 0.496. The zero-order valence-electron chi connectivity index (χ0n) is 8.76. The van der Waals surface area contributed by atoms with Crippen molar-refractivity contribution < 1.29 is 0 Å². The van der Waals surface area contributed by atoms with Crippen LogP contribution in [-0.4, -0.2) is 11.5 Å². The van der Waals surface area contributed by atoms with Gasteiger partial charge >= 0.3 is 0 Å². The normalized spacial score (nSPS) is 12.8. The molecule has 1 aromatic rings. The lowest BCUT2D eigenvalue weighted by Crippen LogP contribution is -2.22. The van der Waals surface area contributed by atoms with Crippen molar-refractivity contribution in [1.82, 2.24) is 10.3 Å². The minimum atomic E-state index is 0.376. The quantitative estimate of drug-likeness (QED) is 0.875. The van der Waals surface area contributed by atoms with Crippen LogP contribution in [0, 0.1) is 0 Å². The van der Waals surface area contributed by atoms with E-state index in [0.717, 1.165) is 23.1 Å². The molecule has 1 aromatic heterocycles. The average molecular weight is 257 g/mol. The Kier molecular flexibility index (Phi) is 5.12. The average Bonchev–Trinajstić information content (AvgIpc) is 2.18. The van der Waals surface area contributed by atoms with Crippen LogP contribution < -0.4 is 5.32 Å². The van der Waals surface area contributed by atoms with Crippen molar-refractivity contribution in [3.05, 3.63) is 28.5 Å². The van der Waals surface area contributed by atoms with Gasteiger partial charge in [-0.1, -0.05) is 20.3 Å². The molecule has 78 valence electrons. The van der Waals surface area contributed by atoms with Gasteiger partial charge in [0.15, 0.2) is 0 Å². The standard InChI is InChI=1S/C11H17BrN2/c1-3-6-10(13-4-2)11-9(12)7-5-8-14-11/h5,7-8,10,13H,3-4,6H2,1-2H3. The number of nitrogens with one attached hydrogen (secondary N) is 1. The summed E-state index contributed by atoms with van der Waals surface area (Å²) in [5.41, 5.74) is 1.12. The van der Waals surface area contributed by atoms with E-state index in [9.17, 15) is 0 Å². The maximum absolute atomic E-state index is 4.41. The highest BCUT2D eigenvalue weighted by Crippen LogP contribution is 2.23. The number of rotatable bonds is 5. The maximum atomic E-state index is 4.41. The summed E-state index contributed by atoms with van der Waals surface area (Å²) in [5, 5.41) is 3.45. The maximum Gasteiger partial charge on any atom is 0.0714 e. The fourth-order valence-corrected chi connectivity index (χ4v) is 2.06. The molecule has 0 aromatic carbocycles. The van der Waals surface area contributed by atoms with Gasteiger partial charge in [-0.25, -0.2) is 0 Å². The van der Waals surface area contributed by atoms with Gasteiger partial charge in [-0.2, -0.15) is 0 Å². The van der Waals surface area contributed by atoms with Crippen LogP contribution in [0.2, 0.25) is 0 Å². The van der Waals surface area contributed by atoms with Gasteiger partial charge in [0.05, 0.1) is 11.7 Å². The van der Waals surface area contributed by atoms with Gasteiger partial charge in [0.2, 0.25) is 0 Å². The second-order valence-corrected chi connectivity index (χ2v) is 4.12. The SMILES string of the molecule is CCCC(NCC)c1ncccc1Br. The highest BCUT2D eigenvalue weighted by molar-refractivity contribution is 9.10. The molecule has 0 radical (unpaired) electrons. The molecule has 1 unspecified atom stereocenters. The number of hydrogen-bond donors (Lipinski definition) is 1. The van der Waals surface area contributed by atoms with E-state index in [-0.39, 0.29) is 0 Å². The summed E-state index contributed by atoms with van der Waals surface area (Å²) in [4.78, 5) is 4.41. The van der Waals surface area contributed by atoms with Crippen LogP contribution in [0.25, 0.3) is 0 Å². The van der Waals surface area contributed by atoms with Gasteiger partial charge in [0, 0.05) is 10.7 Å². The third-order valence-electron chi connectivity index (χ3n) is 2.14. The van der Waals surface area contributed by atoms with Gasteiger partial charge in [-0.05, 0) is 41.0 Å². The van der Waals surface area contributed by atoms with E-state index in [2.05, 4.69) is 40.1 Å². The van der Waals surface area contributed by atoms with Gasteiger partial charge in [-0.3, -0.25) is 4.98 Å². The van der Waals surface area contributed by atoms with E-state index < -0.39 is 0 Å². The molecule has 0 aliphatic rings. The summed E-state index contributed by atoms with van der Waals surface area (Å²) < 4.78 is 1.10. The molecule has 14 heavy (non-hydrogen) atoms. The number of pyridine rings is 1. The summed E-state index contributed by atoms with van der Waals surface area (Å²) in [6.07, 6.45) is 4.14. The van der Waals surface area contributed by atoms with Crippen LogP contribution in [0.15, 0.2) is 22.8 Å². The van der Waals surface area contributed by atoms with E-state index in [4.69, 9.17) is 0 Å². The third-order valence-corrected chi connectivity index (χ3v) is 2.82. The molecule has 0 aliphatic heterocycles. The third kappa shape index (κ3) is 3.07. The van der Waals surface area contributed by atoms with Crippen molar-refractivity contribution in [2.45, 2.75) is 32.7 Å². The zero-order chi connectivity index (χ0) is 10.4. The highest BCUT2D eigenvalue weighted by Gasteiger charge is 2.12. The lowest BCUT2D eigenvalue weighted by atomic mass is 10.1. The number of nitrogens with zero attached hydrogens (tertiary/aromatic N) is 1. The molecule has 0 spiro atoms. The van der Waals surface area contributed by atoms with Crippen LogP contribution in [0.1, 0.15) is 38.4 Å². The van der Waals surface area contributed by atoms with Gasteiger partial charge in [0.25, 0.3) is 0 Å². The Labute approximate surface area is 94.3 Å². The van der Waals surface area contributed by atoms with E-state index in [1.54, 1.807) is 0 Å². The summed E-state index contributed by atoms with van der Waals surface area (Å²) in [6.45, 7) is 5.30. The van der Waals surface area contributed by atoms with Crippen LogP contribution in [0.5, 0.6) is 0 Å². The van der Waals surface area contributed by atoms with Crippen molar-refractivity contribution in [2.75, 3.05) is 6.54 Å². The second-order valence-electron chi connectivity index (χ2n) is 3.27. The molecule has 0 aliphatic carbocycles. The monoisotopic (exact) mass is 256 g/mol. The van der Waals surface area contributed by atoms with Crippen LogP contribution in [0.3, 0.4) is 0 Å². The fourth-order valence-electron chi connectivity index (χ4n) is 1.52. The Bertz CT molecular complexity index is 270. The number of halogens is 1. The van der Waals surface area contributed by atoms with E-state index in [0.29, 0.717) is 6.04 Å². The molecule has 0 bridgehead atoms. The number of aromatic nitrogens is 1. The summed E-state index contributed by atoms with van der Waals surface area (Å²) in [6, 6.07) is 4.37. The first-order chi connectivity index (χ1) is 6.79. The molecule has 3 heteroatoms. The first-order valence-corrected chi connectivity index (χ1v) is 5.92. The minimum absolute atomic E-state index is 0.376. The number of hydrogen-bond acceptors (Lipinski definition) is 2.